The second kappa shape index (κ2) is 8.85. The van der Waals surface area contributed by atoms with Gasteiger partial charge in [-0.1, -0.05) is 65.7 Å². The van der Waals surface area contributed by atoms with E-state index in [1.54, 1.807) is 12.1 Å². The third kappa shape index (κ3) is 3.74. The third-order valence-corrected chi connectivity index (χ3v) is 7.03. The first kappa shape index (κ1) is 22.9. The second-order valence-electron chi connectivity index (χ2n) is 9.17. The van der Waals surface area contributed by atoms with Crippen LogP contribution in [0.25, 0.3) is 11.1 Å². The Morgan fingerprint density at radius 2 is 1.32 bits per heavy atom. The van der Waals surface area contributed by atoms with Gasteiger partial charge in [-0.05, 0) is 34.4 Å². The number of hydroxylamine groups is 2. The van der Waals surface area contributed by atoms with E-state index in [1.807, 2.05) is 48.5 Å². The van der Waals surface area contributed by atoms with Gasteiger partial charge in [-0.25, -0.2) is 14.0 Å². The van der Waals surface area contributed by atoms with Gasteiger partial charge in [-0.2, -0.15) is 0 Å². The number of amides is 3. The molecule has 2 atom stereocenters. The molecule has 1 fully saturated rings. The third-order valence-electron chi connectivity index (χ3n) is 7.03. The Morgan fingerprint density at radius 3 is 1.89 bits per heavy atom. The van der Waals surface area contributed by atoms with E-state index >= 15 is 0 Å². The van der Waals surface area contributed by atoms with Gasteiger partial charge in [-0.3, -0.25) is 14.5 Å². The minimum Gasteiger partial charge on any atom is -0.448 e. The van der Waals surface area contributed by atoms with E-state index in [1.165, 1.54) is 12.1 Å². The minimum absolute atomic E-state index is 0.000482. The molecule has 2 aliphatic heterocycles. The zero-order valence-corrected chi connectivity index (χ0v) is 19.5. The zero-order valence-electron chi connectivity index (χ0n) is 19.5. The summed E-state index contributed by atoms with van der Waals surface area (Å²) in [6.07, 6.45) is -2.68. The van der Waals surface area contributed by atoms with Crippen LogP contribution in [-0.4, -0.2) is 59.2 Å². The number of imide groups is 1. The van der Waals surface area contributed by atoms with Gasteiger partial charge in [0.15, 0.2) is 0 Å². The largest absolute Gasteiger partial charge is 0.448 e. The zero-order chi connectivity index (χ0) is 25.7. The number of benzene rings is 3. The van der Waals surface area contributed by atoms with Crippen LogP contribution in [0.15, 0.2) is 72.8 Å². The number of fused-ring (bicyclic) bond motifs is 4. The summed E-state index contributed by atoms with van der Waals surface area (Å²) < 4.78 is 19.9. The Kier molecular flexibility index (Phi) is 5.48. The normalized spacial score (nSPS) is 20.0. The maximum atomic E-state index is 14.4. The number of carbonyl (C=O) groups is 4. The highest BCUT2D eigenvalue weighted by Crippen LogP contribution is 2.44. The highest BCUT2D eigenvalue weighted by Gasteiger charge is 2.46. The molecule has 1 saturated heterocycles. The summed E-state index contributed by atoms with van der Waals surface area (Å²) >= 11 is 0. The lowest BCUT2D eigenvalue weighted by molar-refractivity contribution is -0.173. The van der Waals surface area contributed by atoms with E-state index in [9.17, 15) is 23.6 Å². The van der Waals surface area contributed by atoms with Crippen molar-refractivity contribution in [2.24, 2.45) is 0 Å². The van der Waals surface area contributed by atoms with Crippen molar-refractivity contribution in [1.29, 1.82) is 0 Å². The van der Waals surface area contributed by atoms with E-state index in [0.717, 1.165) is 27.2 Å². The number of halogens is 1. The molecule has 9 heteroatoms. The van der Waals surface area contributed by atoms with Crippen LogP contribution >= 0.6 is 0 Å². The van der Waals surface area contributed by atoms with Gasteiger partial charge < -0.3 is 9.57 Å². The summed E-state index contributed by atoms with van der Waals surface area (Å²) in [6.45, 7) is -0.362. The summed E-state index contributed by atoms with van der Waals surface area (Å²) in [6, 6.07) is 20.4. The van der Waals surface area contributed by atoms with E-state index in [0.29, 0.717) is 5.06 Å². The van der Waals surface area contributed by atoms with Crippen LogP contribution in [-0.2, 0) is 14.4 Å². The Morgan fingerprint density at radius 1 is 0.811 bits per heavy atom. The number of carbonyl (C=O) groups excluding carboxylic acids is 4. The standard InChI is InChI=1S/C28H21FN2O6/c29-16-13-24(27(34)37-31-25(32)21-11-5-6-12-22(21)26(31)33)30(14-16)28(35)36-15-23-19-9-3-1-7-17(19)18-8-2-4-10-20(18)23/h1-12,16,23-24H,13-15H2/t16-,24-/m1/s1. The van der Waals surface area contributed by atoms with E-state index in [2.05, 4.69) is 0 Å². The first-order valence-electron chi connectivity index (χ1n) is 11.9. The van der Waals surface area contributed by atoms with Crippen LogP contribution in [0, 0.1) is 0 Å². The number of rotatable bonds is 4. The number of hydrogen-bond donors (Lipinski definition) is 0. The van der Waals surface area contributed by atoms with Crippen LogP contribution in [0.1, 0.15) is 44.2 Å². The molecule has 3 amide bonds. The lowest BCUT2D eigenvalue weighted by Crippen LogP contribution is -2.45. The molecule has 8 nitrogen and oxygen atoms in total. The van der Waals surface area contributed by atoms with Crippen molar-refractivity contribution in [3.8, 4) is 11.1 Å². The topological polar surface area (TPSA) is 93.2 Å². The molecule has 0 spiro atoms. The van der Waals surface area contributed by atoms with Crippen molar-refractivity contribution in [3.63, 3.8) is 0 Å². The highest BCUT2D eigenvalue weighted by atomic mass is 19.1. The van der Waals surface area contributed by atoms with E-state index < -0.39 is 36.1 Å². The molecule has 0 aromatic heterocycles. The van der Waals surface area contributed by atoms with Gasteiger partial charge in [-0.15, -0.1) is 0 Å². The van der Waals surface area contributed by atoms with Gasteiger partial charge in [0.25, 0.3) is 11.8 Å². The predicted octanol–water partition coefficient (Wildman–Crippen LogP) is 4.10. The summed E-state index contributed by atoms with van der Waals surface area (Å²) in [4.78, 5) is 57.0. The van der Waals surface area contributed by atoms with Crippen molar-refractivity contribution in [1.82, 2.24) is 9.96 Å². The van der Waals surface area contributed by atoms with Crippen molar-refractivity contribution >= 4 is 23.9 Å². The summed E-state index contributed by atoms with van der Waals surface area (Å²) in [5.74, 6) is -2.88. The Hall–Kier alpha value is -4.53. The molecule has 0 N–H and O–H groups in total. The van der Waals surface area contributed by atoms with Crippen LogP contribution in [0.2, 0.25) is 0 Å². The van der Waals surface area contributed by atoms with Gasteiger partial charge >= 0.3 is 12.1 Å². The predicted molar refractivity (Wildman–Crippen MR) is 128 cm³/mol. The first-order valence-corrected chi connectivity index (χ1v) is 11.9. The molecule has 1 aliphatic carbocycles. The fourth-order valence-corrected chi connectivity index (χ4v) is 5.29. The molecular weight excluding hydrogens is 479 g/mol. The molecule has 0 saturated carbocycles. The molecule has 0 unspecified atom stereocenters. The number of likely N-dealkylation sites (tertiary alicyclic amines) is 1. The van der Waals surface area contributed by atoms with Gasteiger partial charge in [0.2, 0.25) is 0 Å². The molecule has 186 valence electrons. The fraction of sp³-hybridized carbons (Fsp3) is 0.214. The quantitative estimate of drug-likeness (QED) is 0.501. The molecule has 6 rings (SSSR count). The van der Waals surface area contributed by atoms with Gasteiger partial charge in [0.05, 0.1) is 17.7 Å². The number of nitrogens with zero attached hydrogens (tertiary/aromatic N) is 2. The maximum Gasteiger partial charge on any atom is 0.410 e. The maximum absolute atomic E-state index is 14.4. The van der Waals surface area contributed by atoms with Crippen LogP contribution < -0.4 is 0 Å². The summed E-state index contributed by atoms with van der Waals surface area (Å²) in [5, 5.41) is 0.356. The van der Waals surface area contributed by atoms with E-state index in [4.69, 9.17) is 9.57 Å². The van der Waals surface area contributed by atoms with Crippen LogP contribution in [0.3, 0.4) is 0 Å². The smallest absolute Gasteiger partial charge is 0.410 e. The molecule has 3 aromatic rings. The Bertz CT molecular complexity index is 1380. The highest BCUT2D eigenvalue weighted by molar-refractivity contribution is 6.21. The summed E-state index contributed by atoms with van der Waals surface area (Å²) in [7, 11) is 0. The lowest BCUT2D eigenvalue weighted by Gasteiger charge is -2.24. The molecule has 0 radical (unpaired) electrons. The fourth-order valence-electron chi connectivity index (χ4n) is 5.29. The molecule has 37 heavy (non-hydrogen) atoms. The minimum atomic E-state index is -1.49. The van der Waals surface area contributed by atoms with Crippen molar-refractivity contribution < 1.29 is 33.1 Å². The van der Waals surface area contributed by atoms with E-state index in [-0.39, 0.29) is 36.6 Å². The average Bonchev–Trinajstić information content (AvgIpc) is 3.54. The number of ether oxygens (including phenoxy) is 1. The van der Waals surface area contributed by atoms with Crippen molar-refractivity contribution in [2.75, 3.05) is 13.2 Å². The Labute approximate surface area is 211 Å². The first-order chi connectivity index (χ1) is 17.9. The van der Waals surface area contributed by atoms with Crippen LogP contribution in [0.4, 0.5) is 9.18 Å². The van der Waals surface area contributed by atoms with Crippen LogP contribution in [0.5, 0.6) is 0 Å². The molecule has 3 aromatic carbocycles. The molecule has 0 bridgehead atoms. The lowest BCUT2D eigenvalue weighted by atomic mass is 9.98. The monoisotopic (exact) mass is 500 g/mol. The molecule has 2 heterocycles. The average molecular weight is 500 g/mol. The SMILES string of the molecule is O=C(ON1C(=O)c2ccccc2C1=O)[C@H]1C[C@@H](F)CN1C(=O)OCC1c2ccccc2-c2ccccc21. The Balaban J connectivity index is 1.16. The second-order valence-corrected chi connectivity index (χ2v) is 9.17. The van der Waals surface area contributed by atoms with Gasteiger partial charge in [0, 0.05) is 12.3 Å². The van der Waals surface area contributed by atoms with Gasteiger partial charge in [0.1, 0.15) is 18.8 Å². The van der Waals surface area contributed by atoms with Crippen molar-refractivity contribution in [3.05, 3.63) is 95.1 Å². The molecule has 3 aliphatic rings. The number of alkyl halides is 1. The number of hydrogen-bond acceptors (Lipinski definition) is 6. The molecular formula is C28H21FN2O6. The summed E-state index contributed by atoms with van der Waals surface area (Å²) in [5.41, 5.74) is 4.36. The van der Waals surface area contributed by atoms with Crippen molar-refractivity contribution in [2.45, 2.75) is 24.6 Å².